The predicted octanol–water partition coefficient (Wildman–Crippen LogP) is 6.45. The van der Waals surface area contributed by atoms with Gasteiger partial charge in [-0.3, -0.25) is 19.2 Å². The van der Waals surface area contributed by atoms with Gasteiger partial charge in [0.15, 0.2) is 5.92 Å². The molecule has 1 amide bonds. The van der Waals surface area contributed by atoms with E-state index in [9.17, 15) is 14.4 Å². The van der Waals surface area contributed by atoms with E-state index in [0.29, 0.717) is 25.8 Å². The first-order valence-corrected chi connectivity index (χ1v) is 15.2. The molecular weight excluding hydrogens is 496 g/mol. The van der Waals surface area contributed by atoms with Crippen molar-refractivity contribution in [2.45, 2.75) is 155 Å². The fourth-order valence-electron chi connectivity index (χ4n) is 6.04. The standard InChI is InChI=1S/C31H58N2O6/c1-12-17-18-19-20-21-29(9,22-24(25(34)37-10)26(35)38-11)39-33-30(13-2,14-3)23-32(28(6,7)8)27(36)31(33,15-4)16-5/h24H,12-23H2,1-11H3. The minimum Gasteiger partial charge on any atom is -0.468 e. The molecule has 0 aromatic carbocycles. The second kappa shape index (κ2) is 14.8. The van der Waals surface area contributed by atoms with Gasteiger partial charge >= 0.3 is 11.9 Å². The van der Waals surface area contributed by atoms with Gasteiger partial charge in [0.25, 0.3) is 0 Å². The second-order valence-corrected chi connectivity index (χ2v) is 12.5. The van der Waals surface area contributed by atoms with Gasteiger partial charge < -0.3 is 14.4 Å². The number of hydroxylamine groups is 2. The van der Waals surface area contributed by atoms with Crippen molar-refractivity contribution >= 4 is 17.8 Å². The highest BCUT2D eigenvalue weighted by molar-refractivity contribution is 5.94. The van der Waals surface area contributed by atoms with E-state index in [4.69, 9.17) is 14.3 Å². The molecule has 1 unspecified atom stereocenters. The van der Waals surface area contributed by atoms with Crippen LogP contribution >= 0.6 is 0 Å². The molecule has 0 bridgehead atoms. The monoisotopic (exact) mass is 554 g/mol. The van der Waals surface area contributed by atoms with Crippen molar-refractivity contribution in [1.29, 1.82) is 0 Å². The molecule has 1 aliphatic rings. The van der Waals surface area contributed by atoms with E-state index in [0.717, 1.165) is 44.9 Å². The molecule has 228 valence electrons. The molecular formula is C31H58N2O6. The first-order valence-electron chi connectivity index (χ1n) is 15.2. The Morgan fingerprint density at radius 1 is 0.846 bits per heavy atom. The molecule has 0 radical (unpaired) electrons. The topological polar surface area (TPSA) is 85.4 Å². The van der Waals surface area contributed by atoms with Crippen LogP contribution in [0.25, 0.3) is 0 Å². The molecule has 0 aromatic heterocycles. The normalized spacial score (nSPS) is 19.2. The summed E-state index contributed by atoms with van der Waals surface area (Å²) in [6, 6.07) is 0. The predicted molar refractivity (Wildman–Crippen MR) is 155 cm³/mol. The number of methoxy groups -OCH3 is 2. The van der Waals surface area contributed by atoms with E-state index in [1.165, 1.54) is 14.2 Å². The largest absolute Gasteiger partial charge is 0.468 e. The highest BCUT2D eigenvalue weighted by Crippen LogP contribution is 2.46. The van der Waals surface area contributed by atoms with Crippen LogP contribution in [0.1, 0.15) is 133 Å². The van der Waals surface area contributed by atoms with Crippen LogP contribution in [-0.4, -0.2) is 70.8 Å². The van der Waals surface area contributed by atoms with E-state index in [1.807, 2.05) is 30.7 Å². The maximum absolute atomic E-state index is 14.3. The lowest BCUT2D eigenvalue weighted by molar-refractivity contribution is -0.348. The van der Waals surface area contributed by atoms with E-state index in [2.05, 4.69) is 41.5 Å². The summed E-state index contributed by atoms with van der Waals surface area (Å²) in [6.45, 7) is 19.4. The van der Waals surface area contributed by atoms with Gasteiger partial charge in [-0.2, -0.15) is 5.06 Å². The highest BCUT2D eigenvalue weighted by Gasteiger charge is 2.60. The smallest absolute Gasteiger partial charge is 0.320 e. The van der Waals surface area contributed by atoms with Crippen LogP contribution < -0.4 is 0 Å². The summed E-state index contributed by atoms with van der Waals surface area (Å²) in [5, 5.41) is 2.02. The Kier molecular flexibility index (Phi) is 13.4. The molecule has 1 atom stereocenters. The number of hydrogen-bond acceptors (Lipinski definition) is 7. The average Bonchev–Trinajstić information content (AvgIpc) is 2.91. The molecule has 1 saturated heterocycles. The number of carbonyl (C=O) groups excluding carboxylic acids is 3. The van der Waals surface area contributed by atoms with Gasteiger partial charge in [-0.15, -0.1) is 0 Å². The lowest BCUT2D eigenvalue weighted by Crippen LogP contribution is -2.77. The lowest BCUT2D eigenvalue weighted by atomic mass is 9.77. The van der Waals surface area contributed by atoms with E-state index in [-0.39, 0.29) is 17.9 Å². The maximum Gasteiger partial charge on any atom is 0.320 e. The quantitative estimate of drug-likeness (QED) is 0.123. The van der Waals surface area contributed by atoms with Crippen LogP contribution in [0.5, 0.6) is 0 Å². The van der Waals surface area contributed by atoms with Gasteiger partial charge in [0.1, 0.15) is 5.54 Å². The summed E-state index contributed by atoms with van der Waals surface area (Å²) >= 11 is 0. The number of esters is 2. The van der Waals surface area contributed by atoms with E-state index < -0.39 is 34.5 Å². The first-order chi connectivity index (χ1) is 18.2. The number of hydrogen-bond donors (Lipinski definition) is 0. The molecule has 8 heteroatoms. The van der Waals surface area contributed by atoms with Gasteiger partial charge in [0.2, 0.25) is 5.91 Å². The molecule has 0 N–H and O–H groups in total. The molecule has 1 fully saturated rings. The van der Waals surface area contributed by atoms with Crippen LogP contribution in [0.3, 0.4) is 0 Å². The molecule has 39 heavy (non-hydrogen) atoms. The Hall–Kier alpha value is -1.67. The number of unbranched alkanes of at least 4 members (excludes halogenated alkanes) is 4. The SMILES string of the molecule is CCCCCCCC(C)(CC(C(=O)OC)C(=O)OC)ON1C(CC)(CC)CN(C(C)(C)C)C(=O)C1(CC)CC. The van der Waals surface area contributed by atoms with Crippen molar-refractivity contribution in [2.24, 2.45) is 5.92 Å². The Morgan fingerprint density at radius 3 is 1.77 bits per heavy atom. The minimum absolute atomic E-state index is 0.0697. The fraction of sp³-hybridized carbons (Fsp3) is 0.903. The Balaban J connectivity index is 3.68. The molecule has 1 aliphatic heterocycles. The number of ether oxygens (including phenoxy) is 2. The molecule has 0 aromatic rings. The van der Waals surface area contributed by atoms with Crippen LogP contribution in [0.4, 0.5) is 0 Å². The first kappa shape index (κ1) is 35.4. The average molecular weight is 555 g/mol. The summed E-state index contributed by atoms with van der Waals surface area (Å²) in [6.07, 6.45) is 8.84. The summed E-state index contributed by atoms with van der Waals surface area (Å²) < 4.78 is 9.99. The highest BCUT2D eigenvalue weighted by atomic mass is 16.7. The number of amides is 1. The van der Waals surface area contributed by atoms with Gasteiger partial charge in [0, 0.05) is 18.5 Å². The molecule has 0 spiro atoms. The Labute approximate surface area is 238 Å². The summed E-state index contributed by atoms with van der Waals surface area (Å²) in [7, 11) is 2.56. The zero-order chi connectivity index (χ0) is 30.1. The van der Waals surface area contributed by atoms with Crippen LogP contribution in [0.15, 0.2) is 0 Å². The van der Waals surface area contributed by atoms with Crippen LogP contribution in [-0.2, 0) is 28.7 Å². The molecule has 1 rings (SSSR count). The van der Waals surface area contributed by atoms with E-state index in [1.54, 1.807) is 0 Å². The number of piperazine rings is 1. The number of carbonyl (C=O) groups is 3. The summed E-state index contributed by atoms with van der Waals surface area (Å²) in [5.41, 5.74) is -2.53. The fourth-order valence-corrected chi connectivity index (χ4v) is 6.04. The molecule has 0 saturated carbocycles. The molecule has 0 aliphatic carbocycles. The second-order valence-electron chi connectivity index (χ2n) is 12.5. The van der Waals surface area contributed by atoms with Gasteiger partial charge in [-0.25, -0.2) is 0 Å². The maximum atomic E-state index is 14.3. The van der Waals surface area contributed by atoms with Gasteiger partial charge in [-0.1, -0.05) is 66.7 Å². The summed E-state index contributed by atoms with van der Waals surface area (Å²) in [4.78, 5) is 48.9. The number of nitrogens with zero attached hydrogens (tertiary/aromatic N) is 2. The van der Waals surface area contributed by atoms with Gasteiger partial charge in [-0.05, 0) is 59.8 Å². The van der Waals surface area contributed by atoms with Crippen molar-refractivity contribution in [3.8, 4) is 0 Å². The van der Waals surface area contributed by atoms with Crippen molar-refractivity contribution in [2.75, 3.05) is 20.8 Å². The lowest BCUT2D eigenvalue weighted by Gasteiger charge is -2.62. The van der Waals surface area contributed by atoms with E-state index >= 15 is 0 Å². The third-order valence-electron chi connectivity index (χ3n) is 8.94. The zero-order valence-corrected chi connectivity index (χ0v) is 26.9. The minimum atomic E-state index is -1.11. The molecule has 1 heterocycles. The van der Waals surface area contributed by atoms with Crippen molar-refractivity contribution in [1.82, 2.24) is 9.96 Å². The van der Waals surface area contributed by atoms with Crippen LogP contribution in [0, 0.1) is 5.92 Å². The zero-order valence-electron chi connectivity index (χ0n) is 26.9. The van der Waals surface area contributed by atoms with Crippen molar-refractivity contribution < 1.29 is 28.7 Å². The van der Waals surface area contributed by atoms with Crippen molar-refractivity contribution in [3.05, 3.63) is 0 Å². The van der Waals surface area contributed by atoms with Gasteiger partial charge in [0.05, 0.1) is 25.4 Å². The Morgan fingerprint density at radius 2 is 1.36 bits per heavy atom. The third kappa shape index (κ3) is 7.96. The summed E-state index contributed by atoms with van der Waals surface area (Å²) in [5.74, 6) is -2.31. The molecule has 8 nitrogen and oxygen atoms in total. The number of rotatable bonds is 16. The van der Waals surface area contributed by atoms with Crippen molar-refractivity contribution in [3.63, 3.8) is 0 Å². The third-order valence-corrected chi connectivity index (χ3v) is 8.94. The Bertz CT molecular complexity index is 783. The van der Waals surface area contributed by atoms with Crippen LogP contribution in [0.2, 0.25) is 0 Å².